The quantitative estimate of drug-likeness (QED) is 0.335. The van der Waals surface area contributed by atoms with E-state index >= 15 is 0 Å². The molecule has 1 amide bonds. The van der Waals surface area contributed by atoms with Crippen molar-refractivity contribution in [3.63, 3.8) is 0 Å². The van der Waals surface area contributed by atoms with Crippen molar-refractivity contribution in [3.8, 4) is 0 Å². The Balaban J connectivity index is 1.71. The van der Waals surface area contributed by atoms with Gasteiger partial charge in [-0.2, -0.15) is 13.2 Å². The molecule has 0 atom stereocenters. The number of carbonyl (C=O) groups is 2. The number of aliphatic carboxylic acids is 1. The second-order valence-electron chi connectivity index (χ2n) is 7.18. The zero-order chi connectivity index (χ0) is 24.9. The van der Waals surface area contributed by atoms with Crippen LogP contribution in [-0.2, 0) is 23.8 Å². The molecule has 0 aliphatic heterocycles. The Hall–Kier alpha value is -3.05. The van der Waals surface area contributed by atoms with Crippen LogP contribution in [0.5, 0.6) is 0 Å². The zero-order valence-corrected chi connectivity index (χ0v) is 19.8. The van der Waals surface area contributed by atoms with E-state index < -0.39 is 23.6 Å². The third kappa shape index (κ3) is 6.51. The second kappa shape index (κ2) is 10.9. The summed E-state index contributed by atoms with van der Waals surface area (Å²) in [5, 5.41) is 13.2. The van der Waals surface area contributed by atoms with Gasteiger partial charge in [-0.25, -0.2) is 4.98 Å². The van der Waals surface area contributed by atoms with E-state index in [1.54, 1.807) is 24.3 Å². The molecule has 11 heteroatoms. The fourth-order valence-electron chi connectivity index (χ4n) is 3.17. The predicted octanol–water partition coefficient (Wildman–Crippen LogP) is 4.83. The second-order valence-corrected chi connectivity index (χ2v) is 8.79. The average Bonchev–Trinajstić information content (AvgIpc) is 2.80. The fraction of sp³-hybridized carbons (Fsp3) is 0.217. The van der Waals surface area contributed by atoms with E-state index in [4.69, 9.17) is 0 Å². The molecule has 0 saturated heterocycles. The van der Waals surface area contributed by atoms with E-state index in [1.165, 1.54) is 23.5 Å². The Morgan fingerprint density at radius 3 is 2.21 bits per heavy atom. The van der Waals surface area contributed by atoms with Crippen LogP contribution >= 0.6 is 23.5 Å². The highest BCUT2D eigenvalue weighted by Gasteiger charge is 2.30. The number of nitrogens with one attached hydrogen (secondary N) is 2. The number of benzene rings is 2. The topological polar surface area (TPSA) is 93.4 Å². The number of anilines is 1. The standard InChI is InChI=1S/C23H20F3N3O3S2/c1-33-21-17(12-19(30)31)22(34-2)29-18(28-21)11-13-3-9-16(10-4-13)27-20(32)14-5-7-15(8-6-14)23(24,25)26/h3-10H,11-12H2,1-2H3,(H,27,32)(H,30,31)/p+1. The molecule has 0 aliphatic carbocycles. The molecule has 0 fully saturated rings. The maximum atomic E-state index is 12.7. The Morgan fingerprint density at radius 2 is 1.68 bits per heavy atom. The van der Waals surface area contributed by atoms with Crippen LogP contribution in [0.1, 0.15) is 32.9 Å². The maximum Gasteiger partial charge on any atom is 0.416 e. The molecule has 6 nitrogen and oxygen atoms in total. The Kier molecular flexibility index (Phi) is 8.21. The fourth-order valence-corrected chi connectivity index (χ4v) is 4.49. The first-order valence-electron chi connectivity index (χ1n) is 9.93. The molecule has 178 valence electrons. The van der Waals surface area contributed by atoms with E-state index in [9.17, 15) is 27.9 Å². The Labute approximate surface area is 202 Å². The summed E-state index contributed by atoms with van der Waals surface area (Å²) < 4.78 is 38.0. The molecular weight excluding hydrogens is 487 g/mol. The lowest BCUT2D eigenvalue weighted by Crippen LogP contribution is -2.22. The van der Waals surface area contributed by atoms with Gasteiger partial charge in [0.2, 0.25) is 5.03 Å². The van der Waals surface area contributed by atoms with Gasteiger partial charge in [0.15, 0.2) is 5.03 Å². The lowest BCUT2D eigenvalue weighted by atomic mass is 10.1. The monoisotopic (exact) mass is 508 g/mol. The van der Waals surface area contributed by atoms with Crippen molar-refractivity contribution in [2.24, 2.45) is 0 Å². The largest absolute Gasteiger partial charge is 0.481 e. The SMILES string of the molecule is CSc1nc(Cc2ccc(NC(=O)c3ccc(C(F)(F)F)cc3)cc2)[nH+]c(SC)c1CC(=O)O. The van der Waals surface area contributed by atoms with Crippen LogP contribution in [0.4, 0.5) is 18.9 Å². The molecule has 1 aromatic heterocycles. The maximum absolute atomic E-state index is 12.7. The molecule has 3 rings (SSSR count). The minimum Gasteiger partial charge on any atom is -0.481 e. The van der Waals surface area contributed by atoms with Crippen molar-refractivity contribution >= 4 is 41.1 Å². The molecule has 0 spiro atoms. The van der Waals surface area contributed by atoms with Crippen LogP contribution < -0.4 is 10.3 Å². The van der Waals surface area contributed by atoms with E-state index in [0.29, 0.717) is 28.5 Å². The van der Waals surface area contributed by atoms with Gasteiger partial charge < -0.3 is 10.4 Å². The number of aromatic nitrogens is 2. The molecule has 0 saturated carbocycles. The summed E-state index contributed by atoms with van der Waals surface area (Å²) in [5.74, 6) is -0.772. The minimum absolute atomic E-state index is 0.117. The third-order valence-electron chi connectivity index (χ3n) is 4.81. The number of aromatic amines is 1. The molecule has 0 unspecified atom stereocenters. The van der Waals surface area contributed by atoms with E-state index in [0.717, 1.165) is 34.9 Å². The highest BCUT2D eigenvalue weighted by Crippen LogP contribution is 2.29. The van der Waals surface area contributed by atoms with Crippen molar-refractivity contribution in [2.45, 2.75) is 29.1 Å². The molecule has 3 N–H and O–H groups in total. The predicted molar refractivity (Wildman–Crippen MR) is 124 cm³/mol. The molecule has 0 aliphatic rings. The van der Waals surface area contributed by atoms with Gasteiger partial charge in [0.05, 0.1) is 24.0 Å². The first-order valence-corrected chi connectivity index (χ1v) is 12.4. The van der Waals surface area contributed by atoms with Gasteiger partial charge in [0.25, 0.3) is 5.91 Å². The lowest BCUT2D eigenvalue weighted by Gasteiger charge is -2.09. The van der Waals surface area contributed by atoms with Crippen LogP contribution in [-0.4, -0.2) is 34.5 Å². The van der Waals surface area contributed by atoms with Gasteiger partial charge in [0.1, 0.15) is 0 Å². The van der Waals surface area contributed by atoms with Crippen molar-refractivity contribution in [2.75, 3.05) is 17.8 Å². The van der Waals surface area contributed by atoms with Crippen molar-refractivity contribution in [3.05, 3.63) is 76.6 Å². The van der Waals surface area contributed by atoms with Crippen molar-refractivity contribution < 1.29 is 32.9 Å². The van der Waals surface area contributed by atoms with E-state index in [1.807, 2.05) is 12.5 Å². The number of halogens is 3. The zero-order valence-electron chi connectivity index (χ0n) is 18.2. The minimum atomic E-state index is -4.46. The van der Waals surface area contributed by atoms with Crippen LogP contribution in [0.25, 0.3) is 0 Å². The Bertz CT molecular complexity index is 1160. The number of nitrogens with zero attached hydrogens (tertiary/aromatic N) is 1. The average molecular weight is 509 g/mol. The summed E-state index contributed by atoms with van der Waals surface area (Å²) in [6.07, 6.45) is -0.416. The summed E-state index contributed by atoms with van der Waals surface area (Å²) in [7, 11) is 0. The van der Waals surface area contributed by atoms with Gasteiger partial charge in [-0.15, -0.1) is 0 Å². The molecule has 0 radical (unpaired) electrons. The van der Waals surface area contributed by atoms with E-state index in [-0.39, 0.29) is 12.0 Å². The Morgan fingerprint density at radius 1 is 1.03 bits per heavy atom. The summed E-state index contributed by atoms with van der Waals surface area (Å²) in [6.45, 7) is 0. The number of rotatable bonds is 8. The highest BCUT2D eigenvalue weighted by molar-refractivity contribution is 7.99. The molecule has 1 heterocycles. The van der Waals surface area contributed by atoms with Crippen LogP contribution in [0, 0.1) is 0 Å². The number of hydrogen-bond acceptors (Lipinski definition) is 5. The number of amides is 1. The molecule has 2 aromatic carbocycles. The van der Waals surface area contributed by atoms with E-state index in [2.05, 4.69) is 15.3 Å². The number of carboxylic acids is 1. The van der Waals surface area contributed by atoms with Gasteiger partial charge in [0, 0.05) is 11.3 Å². The van der Waals surface area contributed by atoms with Crippen molar-refractivity contribution in [1.82, 2.24) is 4.98 Å². The summed E-state index contributed by atoms with van der Waals surface area (Å²) in [6, 6.07) is 11.0. The molecular formula is C23H21F3N3O3S2+. The number of carbonyl (C=O) groups excluding carboxylic acids is 1. The summed E-state index contributed by atoms with van der Waals surface area (Å²) >= 11 is 2.80. The first-order chi connectivity index (χ1) is 16.1. The number of H-pyrrole nitrogens is 1. The van der Waals surface area contributed by atoms with Gasteiger partial charge in [-0.1, -0.05) is 35.7 Å². The van der Waals surface area contributed by atoms with Gasteiger partial charge in [-0.05, 0) is 59.5 Å². The molecule has 3 aromatic rings. The van der Waals surface area contributed by atoms with Crippen LogP contribution in [0.2, 0.25) is 0 Å². The van der Waals surface area contributed by atoms with Crippen LogP contribution in [0.15, 0.2) is 58.6 Å². The normalized spacial score (nSPS) is 11.3. The number of carboxylic acid groups (broad SMARTS) is 1. The summed E-state index contributed by atoms with van der Waals surface area (Å²) in [5.41, 5.74) is 1.35. The lowest BCUT2D eigenvalue weighted by molar-refractivity contribution is -0.444. The van der Waals surface area contributed by atoms with Crippen molar-refractivity contribution in [1.29, 1.82) is 0 Å². The first kappa shape index (κ1) is 25.6. The van der Waals surface area contributed by atoms with Crippen LogP contribution in [0.3, 0.4) is 0 Å². The van der Waals surface area contributed by atoms with Gasteiger partial charge >= 0.3 is 18.0 Å². The highest BCUT2D eigenvalue weighted by atomic mass is 32.2. The number of hydrogen-bond donors (Lipinski definition) is 2. The smallest absolute Gasteiger partial charge is 0.416 e. The molecule has 0 bridgehead atoms. The molecule has 34 heavy (non-hydrogen) atoms. The summed E-state index contributed by atoms with van der Waals surface area (Å²) in [4.78, 5) is 31.3. The third-order valence-corrected chi connectivity index (χ3v) is 6.29. The number of thioether (sulfide) groups is 2. The van der Waals surface area contributed by atoms with Gasteiger partial charge in [-0.3, -0.25) is 9.59 Å². The number of alkyl halides is 3.